The lowest BCUT2D eigenvalue weighted by Gasteiger charge is -2.38. The van der Waals surface area contributed by atoms with E-state index in [2.05, 4.69) is 10.2 Å². The van der Waals surface area contributed by atoms with Gasteiger partial charge in [-0.1, -0.05) is 32.1 Å². The van der Waals surface area contributed by atoms with Crippen LogP contribution in [0, 0.1) is 0 Å². The van der Waals surface area contributed by atoms with Gasteiger partial charge in [0.05, 0.1) is 6.54 Å². The zero-order valence-electron chi connectivity index (χ0n) is 16.0. The molecule has 1 saturated heterocycles. The number of hydrogen-bond donors (Lipinski definition) is 1. The number of rotatable bonds is 6. The van der Waals surface area contributed by atoms with Crippen LogP contribution in [0.25, 0.3) is 0 Å². The highest BCUT2D eigenvalue weighted by Crippen LogP contribution is 2.25. The van der Waals surface area contributed by atoms with Crippen LogP contribution in [0.15, 0.2) is 0 Å². The van der Waals surface area contributed by atoms with E-state index in [0.717, 1.165) is 38.5 Å². The summed E-state index contributed by atoms with van der Waals surface area (Å²) in [5, 5.41) is 3.11. The van der Waals surface area contributed by atoms with Gasteiger partial charge in [-0.25, -0.2) is 0 Å². The first-order valence-electron chi connectivity index (χ1n) is 10.2. The summed E-state index contributed by atoms with van der Waals surface area (Å²) in [6, 6.07) is 0.484. The summed E-state index contributed by atoms with van der Waals surface area (Å²) in [6.07, 6.45) is 9.98. The molecule has 2 saturated carbocycles. The maximum absolute atomic E-state index is 12.9. The molecule has 3 aliphatic rings. The second kappa shape index (κ2) is 8.99. The van der Waals surface area contributed by atoms with Gasteiger partial charge in [-0.3, -0.25) is 9.69 Å². The molecule has 1 heterocycles. The molecule has 26 heavy (non-hydrogen) atoms. The first-order chi connectivity index (χ1) is 12.5. The second-order valence-electron chi connectivity index (χ2n) is 8.04. The molecule has 0 aromatic heterocycles. The molecular formula is C18H34N4O3S. The quantitative estimate of drug-likeness (QED) is 0.744. The van der Waals surface area contributed by atoms with Gasteiger partial charge >= 0.3 is 0 Å². The molecule has 0 aromatic rings. The summed E-state index contributed by atoms with van der Waals surface area (Å²) < 4.78 is 29.0. The Morgan fingerprint density at radius 1 is 0.962 bits per heavy atom. The van der Waals surface area contributed by atoms with E-state index in [1.165, 1.54) is 19.3 Å². The molecule has 1 N–H and O–H groups in total. The van der Waals surface area contributed by atoms with Gasteiger partial charge in [-0.05, 0) is 25.7 Å². The minimum Gasteiger partial charge on any atom is -0.352 e. The van der Waals surface area contributed by atoms with Gasteiger partial charge in [0.15, 0.2) is 0 Å². The van der Waals surface area contributed by atoms with Gasteiger partial charge < -0.3 is 5.32 Å². The summed E-state index contributed by atoms with van der Waals surface area (Å²) in [7, 11) is -1.66. The lowest BCUT2D eigenvalue weighted by Crippen LogP contribution is -2.55. The third-order valence-corrected chi connectivity index (χ3v) is 8.24. The predicted octanol–water partition coefficient (Wildman–Crippen LogP) is 1.17. The molecule has 0 aromatic carbocycles. The predicted molar refractivity (Wildman–Crippen MR) is 102 cm³/mol. The maximum atomic E-state index is 12.9. The Morgan fingerprint density at radius 2 is 1.54 bits per heavy atom. The van der Waals surface area contributed by atoms with Crippen molar-refractivity contribution in [2.75, 3.05) is 39.8 Å². The van der Waals surface area contributed by atoms with Crippen LogP contribution in [0.4, 0.5) is 0 Å². The van der Waals surface area contributed by atoms with Gasteiger partial charge in [-0.15, -0.1) is 0 Å². The average molecular weight is 387 g/mol. The van der Waals surface area contributed by atoms with Crippen molar-refractivity contribution in [3.8, 4) is 0 Å². The van der Waals surface area contributed by atoms with Crippen LogP contribution >= 0.6 is 0 Å². The number of carbonyl (C=O) groups is 1. The molecular weight excluding hydrogens is 352 g/mol. The molecule has 0 unspecified atom stereocenters. The molecule has 3 rings (SSSR count). The van der Waals surface area contributed by atoms with E-state index in [9.17, 15) is 13.2 Å². The largest absolute Gasteiger partial charge is 0.352 e. The lowest BCUT2D eigenvalue weighted by atomic mass is 9.96. The summed E-state index contributed by atoms with van der Waals surface area (Å²) in [5.41, 5.74) is 0. The third kappa shape index (κ3) is 4.97. The van der Waals surface area contributed by atoms with Crippen molar-refractivity contribution in [1.29, 1.82) is 0 Å². The first kappa shape index (κ1) is 20.0. The number of nitrogens with zero attached hydrogens (tertiary/aromatic N) is 3. The van der Waals surface area contributed by atoms with Crippen LogP contribution in [0.5, 0.6) is 0 Å². The molecule has 3 fully saturated rings. The maximum Gasteiger partial charge on any atom is 0.282 e. The number of carbonyl (C=O) groups excluding carboxylic acids is 1. The first-order valence-corrected chi connectivity index (χ1v) is 11.6. The highest BCUT2D eigenvalue weighted by atomic mass is 32.2. The molecule has 150 valence electrons. The van der Waals surface area contributed by atoms with E-state index < -0.39 is 10.2 Å². The van der Waals surface area contributed by atoms with Gasteiger partial charge in [0.1, 0.15) is 0 Å². The normalized spacial score (nSPS) is 25.0. The Kier molecular flexibility index (Phi) is 6.93. The van der Waals surface area contributed by atoms with E-state index in [0.29, 0.717) is 38.8 Å². The molecule has 1 aliphatic heterocycles. The second-order valence-corrected chi connectivity index (χ2v) is 10.0. The lowest BCUT2D eigenvalue weighted by molar-refractivity contribution is -0.123. The van der Waals surface area contributed by atoms with E-state index in [1.807, 2.05) is 0 Å². The zero-order chi connectivity index (χ0) is 18.6. The van der Waals surface area contributed by atoms with Crippen LogP contribution in [0.1, 0.15) is 57.8 Å². The SMILES string of the molecule is CN(C1CCCCC1)S(=O)(=O)N1CCN(CC(=O)NC2CCCC2)CC1. The number of piperazine rings is 1. The minimum atomic E-state index is -3.39. The summed E-state index contributed by atoms with van der Waals surface area (Å²) in [4.78, 5) is 14.2. The van der Waals surface area contributed by atoms with Crippen molar-refractivity contribution < 1.29 is 13.2 Å². The van der Waals surface area contributed by atoms with Crippen LogP contribution in [0.3, 0.4) is 0 Å². The van der Waals surface area contributed by atoms with E-state index in [4.69, 9.17) is 0 Å². The van der Waals surface area contributed by atoms with Crippen LogP contribution in [-0.2, 0) is 15.0 Å². The fourth-order valence-electron chi connectivity index (χ4n) is 4.48. The minimum absolute atomic E-state index is 0.0764. The van der Waals surface area contributed by atoms with Crippen molar-refractivity contribution in [3.05, 3.63) is 0 Å². The van der Waals surface area contributed by atoms with Gasteiger partial charge in [-0.2, -0.15) is 17.0 Å². The zero-order valence-corrected chi connectivity index (χ0v) is 16.8. The Labute approximate surface area is 158 Å². The van der Waals surface area contributed by atoms with Crippen molar-refractivity contribution in [3.63, 3.8) is 0 Å². The van der Waals surface area contributed by atoms with Gasteiger partial charge in [0, 0.05) is 45.3 Å². The van der Waals surface area contributed by atoms with Gasteiger partial charge in [0.2, 0.25) is 5.91 Å². The summed E-state index contributed by atoms with van der Waals surface area (Å²) in [5.74, 6) is 0.0764. The Hall–Kier alpha value is -0.700. The molecule has 7 nitrogen and oxygen atoms in total. The summed E-state index contributed by atoms with van der Waals surface area (Å²) >= 11 is 0. The van der Waals surface area contributed by atoms with E-state index in [1.54, 1.807) is 15.7 Å². The van der Waals surface area contributed by atoms with Crippen molar-refractivity contribution in [2.45, 2.75) is 69.9 Å². The molecule has 8 heteroatoms. The smallest absolute Gasteiger partial charge is 0.282 e. The molecule has 2 aliphatic carbocycles. The van der Waals surface area contributed by atoms with E-state index in [-0.39, 0.29) is 11.9 Å². The number of nitrogens with one attached hydrogen (secondary N) is 1. The number of hydrogen-bond acceptors (Lipinski definition) is 4. The Balaban J connectivity index is 1.45. The number of amides is 1. The standard InChI is InChI=1S/C18H34N4O3S/c1-20(17-9-3-2-4-10-17)26(24,25)22-13-11-21(12-14-22)15-18(23)19-16-7-5-6-8-16/h16-17H,2-15H2,1H3,(H,19,23). The Bertz CT molecular complexity index is 563. The van der Waals surface area contributed by atoms with Crippen molar-refractivity contribution in [2.24, 2.45) is 0 Å². The summed E-state index contributed by atoms with van der Waals surface area (Å²) in [6.45, 7) is 2.56. The van der Waals surface area contributed by atoms with Gasteiger partial charge in [0.25, 0.3) is 10.2 Å². The highest BCUT2D eigenvalue weighted by molar-refractivity contribution is 7.86. The molecule has 0 bridgehead atoms. The Morgan fingerprint density at radius 3 is 2.15 bits per heavy atom. The van der Waals surface area contributed by atoms with Crippen LogP contribution < -0.4 is 5.32 Å². The molecule has 0 radical (unpaired) electrons. The van der Waals surface area contributed by atoms with Crippen molar-refractivity contribution >= 4 is 16.1 Å². The third-order valence-electron chi connectivity index (χ3n) is 6.20. The van der Waals surface area contributed by atoms with Crippen molar-refractivity contribution in [1.82, 2.24) is 18.8 Å². The van der Waals surface area contributed by atoms with Crippen LogP contribution in [-0.4, -0.2) is 79.7 Å². The fraction of sp³-hybridized carbons (Fsp3) is 0.944. The van der Waals surface area contributed by atoms with Crippen LogP contribution in [0.2, 0.25) is 0 Å². The topological polar surface area (TPSA) is 73.0 Å². The molecule has 1 amide bonds. The average Bonchev–Trinajstić information content (AvgIpc) is 3.15. The monoisotopic (exact) mass is 386 g/mol. The van der Waals surface area contributed by atoms with E-state index >= 15 is 0 Å². The molecule has 0 spiro atoms. The highest BCUT2D eigenvalue weighted by Gasteiger charge is 2.34. The fourth-order valence-corrected chi connectivity index (χ4v) is 6.06. The molecule has 0 atom stereocenters.